The molecule has 1 atom stereocenters. The predicted octanol–water partition coefficient (Wildman–Crippen LogP) is 2.35. The molecule has 0 amide bonds. The SMILES string of the molecule is CCc1nc(SCc2nc([C@@H](O)c3ccccc3)nn2CC)n[nH]1. The highest BCUT2D eigenvalue weighted by atomic mass is 32.2. The van der Waals surface area contributed by atoms with Crippen LogP contribution in [0.3, 0.4) is 0 Å². The largest absolute Gasteiger partial charge is 0.380 e. The number of nitrogens with one attached hydrogen (secondary N) is 1. The van der Waals surface area contributed by atoms with E-state index in [2.05, 4.69) is 25.3 Å². The molecule has 1 aromatic carbocycles. The Bertz CT molecular complexity index is 785. The highest BCUT2D eigenvalue weighted by Crippen LogP contribution is 2.22. The van der Waals surface area contributed by atoms with Crippen LogP contribution in [0.5, 0.6) is 0 Å². The molecule has 0 aliphatic carbocycles. The molecule has 0 saturated heterocycles. The lowest BCUT2D eigenvalue weighted by Crippen LogP contribution is -2.04. The van der Waals surface area contributed by atoms with E-state index in [0.717, 1.165) is 23.6 Å². The molecule has 24 heavy (non-hydrogen) atoms. The topological polar surface area (TPSA) is 92.5 Å². The summed E-state index contributed by atoms with van der Waals surface area (Å²) >= 11 is 1.50. The maximum atomic E-state index is 10.5. The highest BCUT2D eigenvalue weighted by Gasteiger charge is 2.18. The summed E-state index contributed by atoms with van der Waals surface area (Å²) < 4.78 is 1.81. The number of hydrogen-bond donors (Lipinski definition) is 2. The second-order valence-corrected chi connectivity index (χ2v) is 6.16. The Kier molecular flexibility index (Phi) is 5.27. The number of H-pyrrole nitrogens is 1. The molecule has 0 radical (unpaired) electrons. The van der Waals surface area contributed by atoms with Gasteiger partial charge >= 0.3 is 0 Å². The Labute approximate surface area is 144 Å². The van der Waals surface area contributed by atoms with Gasteiger partial charge in [-0.3, -0.25) is 5.10 Å². The first kappa shape index (κ1) is 16.7. The van der Waals surface area contributed by atoms with Crippen LogP contribution >= 0.6 is 11.8 Å². The molecule has 0 aliphatic heterocycles. The van der Waals surface area contributed by atoms with Crippen molar-refractivity contribution in [1.29, 1.82) is 0 Å². The van der Waals surface area contributed by atoms with Gasteiger partial charge in [-0.2, -0.15) is 5.10 Å². The van der Waals surface area contributed by atoms with E-state index in [-0.39, 0.29) is 0 Å². The van der Waals surface area contributed by atoms with E-state index < -0.39 is 6.10 Å². The van der Waals surface area contributed by atoms with Gasteiger partial charge in [0, 0.05) is 13.0 Å². The first-order valence-electron chi connectivity index (χ1n) is 7.92. The summed E-state index contributed by atoms with van der Waals surface area (Å²) in [5.74, 6) is 2.69. The number of rotatable bonds is 7. The maximum Gasteiger partial charge on any atom is 0.208 e. The van der Waals surface area contributed by atoms with E-state index in [1.54, 1.807) is 0 Å². The number of aliphatic hydroxyl groups excluding tert-OH is 1. The fourth-order valence-corrected chi connectivity index (χ4v) is 3.04. The summed E-state index contributed by atoms with van der Waals surface area (Å²) in [6, 6.07) is 9.43. The minimum absolute atomic E-state index is 0.419. The summed E-state index contributed by atoms with van der Waals surface area (Å²) in [7, 11) is 0. The smallest absolute Gasteiger partial charge is 0.208 e. The number of aromatic nitrogens is 6. The molecule has 126 valence electrons. The summed E-state index contributed by atoms with van der Waals surface area (Å²) in [6.45, 7) is 4.72. The minimum atomic E-state index is -0.821. The van der Waals surface area contributed by atoms with Crippen molar-refractivity contribution in [2.24, 2.45) is 0 Å². The third-order valence-electron chi connectivity index (χ3n) is 3.60. The molecule has 0 spiro atoms. The van der Waals surface area contributed by atoms with Crippen molar-refractivity contribution in [3.63, 3.8) is 0 Å². The quantitative estimate of drug-likeness (QED) is 0.639. The third kappa shape index (κ3) is 3.65. The zero-order chi connectivity index (χ0) is 16.9. The van der Waals surface area contributed by atoms with Crippen molar-refractivity contribution in [1.82, 2.24) is 29.9 Å². The summed E-state index contributed by atoms with van der Waals surface area (Å²) in [6.07, 6.45) is 0.00417. The van der Waals surface area contributed by atoms with Gasteiger partial charge < -0.3 is 5.11 Å². The van der Waals surface area contributed by atoms with Crippen LogP contribution in [-0.2, 0) is 18.7 Å². The van der Waals surface area contributed by atoms with Crippen molar-refractivity contribution in [2.45, 2.75) is 43.8 Å². The Morgan fingerprint density at radius 1 is 1.21 bits per heavy atom. The predicted molar refractivity (Wildman–Crippen MR) is 91.5 cm³/mol. The van der Waals surface area contributed by atoms with Crippen molar-refractivity contribution in [2.75, 3.05) is 0 Å². The molecule has 8 heteroatoms. The Morgan fingerprint density at radius 2 is 2.00 bits per heavy atom. The summed E-state index contributed by atoms with van der Waals surface area (Å²) in [5, 5.41) is 22.7. The lowest BCUT2D eigenvalue weighted by Gasteiger charge is -2.05. The zero-order valence-corrected chi connectivity index (χ0v) is 14.5. The number of benzene rings is 1. The number of aryl methyl sites for hydroxylation is 2. The van der Waals surface area contributed by atoms with Gasteiger partial charge in [0.05, 0.1) is 5.75 Å². The number of thioether (sulfide) groups is 1. The first-order chi connectivity index (χ1) is 11.7. The van der Waals surface area contributed by atoms with Gasteiger partial charge in [0.1, 0.15) is 17.8 Å². The summed E-state index contributed by atoms with van der Waals surface area (Å²) in [4.78, 5) is 8.89. The molecule has 0 saturated carbocycles. The second kappa shape index (κ2) is 7.59. The third-order valence-corrected chi connectivity index (χ3v) is 4.44. The molecule has 0 unspecified atom stereocenters. The van der Waals surface area contributed by atoms with Crippen molar-refractivity contribution < 1.29 is 5.11 Å². The van der Waals surface area contributed by atoms with E-state index in [1.165, 1.54) is 11.8 Å². The second-order valence-electron chi connectivity index (χ2n) is 5.22. The standard InChI is InChI=1S/C16H20N6OS/c1-3-12-17-16(20-19-12)24-10-13-18-15(21-22(13)4-2)14(23)11-8-6-5-7-9-11/h5-9,14,23H,3-4,10H2,1-2H3,(H,17,19,20)/t14-/m0/s1. The highest BCUT2D eigenvalue weighted by molar-refractivity contribution is 7.98. The molecule has 3 aromatic rings. The fourth-order valence-electron chi connectivity index (χ4n) is 2.28. The molecule has 2 aromatic heterocycles. The number of aliphatic hydroxyl groups is 1. The van der Waals surface area contributed by atoms with Gasteiger partial charge in [-0.25, -0.2) is 14.6 Å². The average Bonchev–Trinajstić information content (AvgIpc) is 3.26. The van der Waals surface area contributed by atoms with Crippen LogP contribution in [0.2, 0.25) is 0 Å². The Balaban J connectivity index is 1.75. The molecule has 0 fully saturated rings. The molecule has 0 bridgehead atoms. The minimum Gasteiger partial charge on any atom is -0.380 e. The van der Waals surface area contributed by atoms with E-state index >= 15 is 0 Å². The molecular formula is C16H20N6OS. The van der Waals surface area contributed by atoms with Gasteiger partial charge in [0.2, 0.25) is 5.16 Å². The lowest BCUT2D eigenvalue weighted by atomic mass is 10.1. The van der Waals surface area contributed by atoms with Gasteiger partial charge in [0.25, 0.3) is 0 Å². The van der Waals surface area contributed by atoms with Crippen LogP contribution in [0.4, 0.5) is 0 Å². The summed E-state index contributed by atoms with van der Waals surface area (Å²) in [5.41, 5.74) is 0.784. The first-order valence-corrected chi connectivity index (χ1v) is 8.90. The maximum absolute atomic E-state index is 10.5. The molecule has 7 nitrogen and oxygen atoms in total. The van der Waals surface area contributed by atoms with Crippen molar-refractivity contribution in [3.8, 4) is 0 Å². The number of hydrogen-bond acceptors (Lipinski definition) is 6. The Morgan fingerprint density at radius 3 is 2.67 bits per heavy atom. The zero-order valence-electron chi connectivity index (χ0n) is 13.7. The van der Waals surface area contributed by atoms with Gasteiger partial charge in [-0.1, -0.05) is 49.0 Å². The van der Waals surface area contributed by atoms with Gasteiger partial charge in [-0.15, -0.1) is 5.10 Å². The van der Waals surface area contributed by atoms with Crippen molar-refractivity contribution >= 4 is 11.8 Å². The van der Waals surface area contributed by atoms with E-state index in [9.17, 15) is 5.11 Å². The molecule has 2 N–H and O–H groups in total. The van der Waals surface area contributed by atoms with Gasteiger partial charge in [0.15, 0.2) is 5.82 Å². The normalized spacial score (nSPS) is 12.5. The van der Waals surface area contributed by atoms with E-state index in [0.29, 0.717) is 23.3 Å². The molecule has 2 heterocycles. The van der Waals surface area contributed by atoms with Crippen LogP contribution in [0.15, 0.2) is 35.5 Å². The number of nitrogens with zero attached hydrogens (tertiary/aromatic N) is 5. The van der Waals surface area contributed by atoms with Crippen LogP contribution < -0.4 is 0 Å². The Hall–Kier alpha value is -2.19. The lowest BCUT2D eigenvalue weighted by molar-refractivity contribution is 0.209. The van der Waals surface area contributed by atoms with Crippen LogP contribution in [0, 0.1) is 0 Å². The van der Waals surface area contributed by atoms with E-state index in [4.69, 9.17) is 0 Å². The van der Waals surface area contributed by atoms with Gasteiger partial charge in [-0.05, 0) is 12.5 Å². The van der Waals surface area contributed by atoms with Crippen LogP contribution in [0.1, 0.15) is 43.0 Å². The monoisotopic (exact) mass is 344 g/mol. The molecule has 0 aliphatic rings. The number of aromatic amines is 1. The molecule has 3 rings (SSSR count). The fraction of sp³-hybridized carbons (Fsp3) is 0.375. The van der Waals surface area contributed by atoms with E-state index in [1.807, 2.05) is 48.9 Å². The average molecular weight is 344 g/mol. The van der Waals surface area contributed by atoms with Crippen molar-refractivity contribution in [3.05, 3.63) is 53.4 Å². The van der Waals surface area contributed by atoms with Crippen LogP contribution in [-0.4, -0.2) is 35.1 Å². The molecular weight excluding hydrogens is 324 g/mol. The van der Waals surface area contributed by atoms with Crippen LogP contribution in [0.25, 0.3) is 0 Å².